The molecule has 0 fully saturated rings. The molecule has 0 aliphatic rings. The van der Waals surface area contributed by atoms with Crippen molar-refractivity contribution in [3.63, 3.8) is 0 Å². The number of benzene rings is 1. The molecule has 0 radical (unpaired) electrons. The molecule has 0 saturated heterocycles. The number of nitrogens with zero attached hydrogens (tertiary/aromatic N) is 1. The molecule has 0 spiro atoms. The molecular weight excluding hydrogens is 282 g/mol. The third kappa shape index (κ3) is 3.00. The van der Waals surface area contributed by atoms with Crippen molar-refractivity contribution in [2.24, 2.45) is 0 Å². The number of hydrogen-bond donors (Lipinski definition) is 1. The van der Waals surface area contributed by atoms with E-state index in [1.54, 1.807) is 19.9 Å². The quantitative estimate of drug-likeness (QED) is 0.816. The highest BCUT2D eigenvalue weighted by atomic mass is 32.2. The minimum absolute atomic E-state index is 0.0319. The molecule has 112 valence electrons. The number of likely N-dealkylation sites (N-methyl/N-ethyl adjacent to an activating group) is 1. The van der Waals surface area contributed by atoms with Gasteiger partial charge in [0.1, 0.15) is 0 Å². The number of sulfonamides is 1. The van der Waals surface area contributed by atoms with E-state index in [9.17, 15) is 18.3 Å². The topological polar surface area (TPSA) is 83.9 Å². The highest BCUT2D eigenvalue weighted by molar-refractivity contribution is 7.89. The van der Waals surface area contributed by atoms with Gasteiger partial charge in [0.25, 0.3) is 0 Å². The Morgan fingerprint density at radius 1 is 1.35 bits per heavy atom. The molecular formula is C13H19NO5S. The van der Waals surface area contributed by atoms with Crippen molar-refractivity contribution in [1.29, 1.82) is 0 Å². The van der Waals surface area contributed by atoms with Crippen LogP contribution >= 0.6 is 0 Å². The van der Waals surface area contributed by atoms with Crippen molar-refractivity contribution >= 4 is 16.0 Å². The summed E-state index contributed by atoms with van der Waals surface area (Å²) in [6.07, 6.45) is 0. The second-order valence-corrected chi connectivity index (χ2v) is 6.87. The molecule has 20 heavy (non-hydrogen) atoms. The van der Waals surface area contributed by atoms with Crippen LogP contribution in [0, 0.1) is 0 Å². The molecule has 0 atom stereocenters. The molecule has 1 aromatic carbocycles. The van der Waals surface area contributed by atoms with E-state index in [1.807, 2.05) is 0 Å². The lowest BCUT2D eigenvalue weighted by molar-refractivity contribution is 0.0596. The van der Waals surface area contributed by atoms with Gasteiger partial charge in [0.05, 0.1) is 29.7 Å². The number of ether oxygens (including phenoxy) is 1. The zero-order chi connectivity index (χ0) is 15.6. The van der Waals surface area contributed by atoms with Crippen LogP contribution < -0.4 is 0 Å². The number of aliphatic hydroxyl groups is 1. The van der Waals surface area contributed by atoms with Gasteiger partial charge in [0, 0.05) is 7.05 Å². The number of rotatable bonds is 5. The standard InChI is InChI=1S/C13H19NO5S/c1-13(2,9-15)14(3)20(17,18)11-8-6-5-7-10(11)12(16)19-4/h5-8,15H,9H2,1-4H3. The van der Waals surface area contributed by atoms with Crippen LogP contribution in [0.5, 0.6) is 0 Å². The maximum absolute atomic E-state index is 12.6. The predicted molar refractivity (Wildman–Crippen MR) is 73.9 cm³/mol. The molecule has 0 aliphatic heterocycles. The Morgan fingerprint density at radius 2 is 1.90 bits per heavy atom. The Morgan fingerprint density at radius 3 is 2.40 bits per heavy atom. The fourth-order valence-electron chi connectivity index (χ4n) is 1.54. The normalized spacial score (nSPS) is 12.5. The summed E-state index contributed by atoms with van der Waals surface area (Å²) in [6, 6.07) is 5.81. The number of carbonyl (C=O) groups is 1. The first-order valence-corrected chi connectivity index (χ1v) is 7.39. The van der Waals surface area contributed by atoms with Crippen molar-refractivity contribution in [3.8, 4) is 0 Å². The van der Waals surface area contributed by atoms with Gasteiger partial charge in [0.15, 0.2) is 0 Å². The van der Waals surface area contributed by atoms with Crippen molar-refractivity contribution in [1.82, 2.24) is 4.31 Å². The Hall–Kier alpha value is -1.44. The van der Waals surface area contributed by atoms with Crippen LogP contribution in [0.15, 0.2) is 29.2 Å². The van der Waals surface area contributed by atoms with Gasteiger partial charge in [-0.3, -0.25) is 0 Å². The summed E-state index contributed by atoms with van der Waals surface area (Å²) in [5, 5.41) is 9.30. The molecule has 0 aliphatic carbocycles. The molecule has 1 N–H and O–H groups in total. The van der Waals surface area contributed by atoms with Gasteiger partial charge in [-0.1, -0.05) is 12.1 Å². The zero-order valence-corrected chi connectivity index (χ0v) is 12.8. The molecule has 6 nitrogen and oxygen atoms in total. The monoisotopic (exact) mass is 301 g/mol. The first kappa shape index (κ1) is 16.6. The van der Waals surface area contributed by atoms with Crippen LogP contribution in [0.25, 0.3) is 0 Å². The Balaban J connectivity index is 3.41. The summed E-state index contributed by atoms with van der Waals surface area (Å²) < 4.78 is 30.8. The van der Waals surface area contributed by atoms with Crippen molar-refractivity contribution in [2.75, 3.05) is 20.8 Å². The van der Waals surface area contributed by atoms with Crippen LogP contribution in [-0.4, -0.2) is 50.1 Å². The molecule has 0 heterocycles. The minimum Gasteiger partial charge on any atom is -0.465 e. The van der Waals surface area contributed by atoms with E-state index in [0.717, 1.165) is 4.31 Å². The fraction of sp³-hybridized carbons (Fsp3) is 0.462. The molecule has 0 aromatic heterocycles. The van der Waals surface area contributed by atoms with E-state index >= 15 is 0 Å². The fourth-order valence-corrected chi connectivity index (χ4v) is 3.23. The third-order valence-electron chi connectivity index (χ3n) is 3.17. The number of carbonyl (C=O) groups excluding carboxylic acids is 1. The number of methoxy groups -OCH3 is 1. The van der Waals surface area contributed by atoms with Crippen molar-refractivity contribution < 1.29 is 23.1 Å². The number of aliphatic hydroxyl groups excluding tert-OH is 1. The first-order chi connectivity index (χ1) is 9.18. The summed E-state index contributed by atoms with van der Waals surface area (Å²) in [6.45, 7) is 2.83. The number of esters is 1. The molecule has 0 amide bonds. The van der Waals surface area contributed by atoms with Gasteiger partial charge in [-0.15, -0.1) is 0 Å². The zero-order valence-electron chi connectivity index (χ0n) is 12.0. The van der Waals surface area contributed by atoms with Gasteiger partial charge >= 0.3 is 5.97 Å². The lowest BCUT2D eigenvalue weighted by Crippen LogP contribution is -2.47. The SMILES string of the molecule is COC(=O)c1ccccc1S(=O)(=O)N(C)C(C)(C)CO. The summed E-state index contributed by atoms with van der Waals surface area (Å²) in [5.74, 6) is -0.723. The summed E-state index contributed by atoms with van der Waals surface area (Å²) in [7, 11) is -1.37. The van der Waals surface area contributed by atoms with Crippen molar-refractivity contribution in [3.05, 3.63) is 29.8 Å². The van der Waals surface area contributed by atoms with Gasteiger partial charge in [-0.2, -0.15) is 4.31 Å². The molecule has 0 saturated carbocycles. The van der Waals surface area contributed by atoms with Gasteiger partial charge in [-0.05, 0) is 26.0 Å². The first-order valence-electron chi connectivity index (χ1n) is 5.95. The smallest absolute Gasteiger partial charge is 0.339 e. The Labute approximate surface area is 119 Å². The van der Waals surface area contributed by atoms with Crippen LogP contribution in [0.1, 0.15) is 24.2 Å². The molecule has 0 bridgehead atoms. The highest BCUT2D eigenvalue weighted by Crippen LogP contribution is 2.25. The maximum atomic E-state index is 12.6. The number of hydrogen-bond acceptors (Lipinski definition) is 5. The maximum Gasteiger partial charge on any atom is 0.339 e. The molecule has 1 rings (SSSR count). The van der Waals surface area contributed by atoms with E-state index in [2.05, 4.69) is 4.74 Å². The van der Waals surface area contributed by atoms with E-state index in [1.165, 1.54) is 32.4 Å². The molecule has 7 heteroatoms. The van der Waals surface area contributed by atoms with Crippen molar-refractivity contribution in [2.45, 2.75) is 24.3 Å². The van der Waals surface area contributed by atoms with Gasteiger partial charge in [0.2, 0.25) is 10.0 Å². The predicted octanol–water partition coefficient (Wildman–Crippen LogP) is 0.865. The van der Waals surface area contributed by atoms with Crippen LogP contribution in [0.3, 0.4) is 0 Å². The van der Waals surface area contributed by atoms with E-state index in [-0.39, 0.29) is 17.1 Å². The van der Waals surface area contributed by atoms with E-state index in [0.29, 0.717) is 0 Å². The summed E-state index contributed by atoms with van der Waals surface area (Å²) in [4.78, 5) is 11.5. The Kier molecular flexibility index (Phi) is 4.90. The van der Waals surface area contributed by atoms with Crippen LogP contribution in [0.4, 0.5) is 0 Å². The Bertz CT molecular complexity index is 595. The second-order valence-electron chi connectivity index (χ2n) is 4.93. The minimum atomic E-state index is -3.92. The van der Waals surface area contributed by atoms with E-state index < -0.39 is 21.5 Å². The average Bonchev–Trinajstić information content (AvgIpc) is 2.45. The lowest BCUT2D eigenvalue weighted by atomic mass is 10.1. The van der Waals surface area contributed by atoms with Crippen LogP contribution in [0.2, 0.25) is 0 Å². The summed E-state index contributed by atoms with van der Waals surface area (Å²) >= 11 is 0. The van der Waals surface area contributed by atoms with E-state index in [4.69, 9.17) is 0 Å². The highest BCUT2D eigenvalue weighted by Gasteiger charge is 2.35. The second kappa shape index (κ2) is 5.90. The van der Waals surface area contributed by atoms with Gasteiger partial charge in [-0.25, -0.2) is 13.2 Å². The van der Waals surface area contributed by atoms with Gasteiger partial charge < -0.3 is 9.84 Å². The molecule has 1 aromatic rings. The average molecular weight is 301 g/mol. The lowest BCUT2D eigenvalue weighted by Gasteiger charge is -2.33. The van der Waals surface area contributed by atoms with Crippen LogP contribution in [-0.2, 0) is 14.8 Å². The summed E-state index contributed by atoms with van der Waals surface area (Å²) in [5.41, 5.74) is -1.02. The largest absolute Gasteiger partial charge is 0.465 e. The third-order valence-corrected chi connectivity index (χ3v) is 5.30. The molecule has 0 unspecified atom stereocenters.